The number of tetrazole rings is 1. The predicted molar refractivity (Wildman–Crippen MR) is 104 cm³/mol. The number of halogens is 2. The van der Waals surface area contributed by atoms with E-state index < -0.39 is 12.5 Å². The average molecular weight is 484 g/mol. The molecule has 0 aliphatic rings. The van der Waals surface area contributed by atoms with Crippen molar-refractivity contribution in [3.8, 4) is 23.2 Å². The van der Waals surface area contributed by atoms with E-state index in [1.807, 2.05) is 6.92 Å². The average Bonchev–Trinajstić information content (AvgIpc) is 3.35. The van der Waals surface area contributed by atoms with Crippen molar-refractivity contribution >= 4 is 21.9 Å². The number of carboxylic acid groups (broad SMARTS) is 1. The van der Waals surface area contributed by atoms with Crippen LogP contribution in [0.5, 0.6) is 11.6 Å². The monoisotopic (exact) mass is 483 g/mol. The van der Waals surface area contributed by atoms with Gasteiger partial charge in [0.25, 0.3) is 5.88 Å². The molecule has 1 atom stereocenters. The van der Waals surface area contributed by atoms with Crippen LogP contribution in [0, 0.1) is 11.7 Å². The maximum absolute atomic E-state index is 13.4. The SMILES string of the molecule is CCCC(COc1cc(-c2nnn(CC(=O)O)n2)on1)COc1cc(F)ccc1Br. The zero-order valence-electron chi connectivity index (χ0n) is 16.0. The number of ether oxygens (including phenoxy) is 2. The van der Waals surface area contributed by atoms with Gasteiger partial charge in [0.1, 0.15) is 11.6 Å². The highest BCUT2D eigenvalue weighted by molar-refractivity contribution is 9.10. The van der Waals surface area contributed by atoms with Crippen molar-refractivity contribution < 1.29 is 28.3 Å². The minimum Gasteiger partial charge on any atom is -0.492 e. The van der Waals surface area contributed by atoms with Gasteiger partial charge in [0.05, 0.1) is 23.8 Å². The lowest BCUT2D eigenvalue weighted by molar-refractivity contribution is -0.138. The number of aliphatic carboxylic acids is 1. The van der Waals surface area contributed by atoms with E-state index in [0.29, 0.717) is 23.4 Å². The Morgan fingerprint density at radius 1 is 1.33 bits per heavy atom. The predicted octanol–water partition coefficient (Wildman–Crippen LogP) is 3.19. The number of rotatable bonds is 11. The molecule has 1 aromatic carbocycles. The summed E-state index contributed by atoms with van der Waals surface area (Å²) < 4.78 is 30.6. The van der Waals surface area contributed by atoms with Crippen LogP contribution in [0.1, 0.15) is 19.8 Å². The van der Waals surface area contributed by atoms with Crippen LogP contribution < -0.4 is 9.47 Å². The van der Waals surface area contributed by atoms with Crippen molar-refractivity contribution in [3.05, 3.63) is 34.6 Å². The van der Waals surface area contributed by atoms with E-state index in [2.05, 4.69) is 36.5 Å². The highest BCUT2D eigenvalue weighted by Gasteiger charge is 2.17. The highest BCUT2D eigenvalue weighted by Crippen LogP contribution is 2.27. The second-order valence-corrected chi connectivity index (χ2v) is 7.27. The van der Waals surface area contributed by atoms with E-state index in [4.69, 9.17) is 19.1 Å². The van der Waals surface area contributed by atoms with Gasteiger partial charge in [-0.3, -0.25) is 4.79 Å². The van der Waals surface area contributed by atoms with Gasteiger partial charge in [0, 0.05) is 12.0 Å². The molecule has 30 heavy (non-hydrogen) atoms. The Kier molecular flexibility index (Phi) is 7.33. The molecule has 3 rings (SSSR count). The van der Waals surface area contributed by atoms with Crippen molar-refractivity contribution in [1.29, 1.82) is 0 Å². The van der Waals surface area contributed by atoms with E-state index in [1.165, 1.54) is 18.2 Å². The molecule has 3 aromatic rings. The van der Waals surface area contributed by atoms with E-state index in [-0.39, 0.29) is 29.2 Å². The molecule has 0 aliphatic heterocycles. The quantitative estimate of drug-likeness (QED) is 0.437. The first-order chi connectivity index (χ1) is 14.4. The zero-order chi connectivity index (χ0) is 21.5. The van der Waals surface area contributed by atoms with Crippen LogP contribution >= 0.6 is 15.9 Å². The second kappa shape index (κ2) is 10.1. The standard InChI is InChI=1S/C18H19BrFN5O5/c1-2-3-11(9-28-14-6-12(20)4-5-13(14)19)10-29-16-7-15(30-23-16)18-21-24-25(22-18)8-17(26)27/h4-7,11H,2-3,8-10H2,1H3,(H,26,27). The molecule has 12 heteroatoms. The first-order valence-corrected chi connectivity index (χ1v) is 9.91. The maximum Gasteiger partial charge on any atom is 0.327 e. The molecule has 0 bridgehead atoms. The summed E-state index contributed by atoms with van der Waals surface area (Å²) in [4.78, 5) is 11.6. The fourth-order valence-corrected chi connectivity index (χ4v) is 2.95. The van der Waals surface area contributed by atoms with Crippen LogP contribution in [0.3, 0.4) is 0 Å². The summed E-state index contributed by atoms with van der Waals surface area (Å²) in [5.41, 5.74) is 0. The summed E-state index contributed by atoms with van der Waals surface area (Å²) in [5.74, 6) is -0.463. The molecule has 0 amide bonds. The lowest BCUT2D eigenvalue weighted by Gasteiger charge is -2.17. The summed E-state index contributed by atoms with van der Waals surface area (Å²) in [5, 5.41) is 23.8. The van der Waals surface area contributed by atoms with Crippen LogP contribution in [0.2, 0.25) is 0 Å². The van der Waals surface area contributed by atoms with Crippen molar-refractivity contribution in [3.63, 3.8) is 0 Å². The van der Waals surface area contributed by atoms with Gasteiger partial charge in [0.2, 0.25) is 11.6 Å². The highest BCUT2D eigenvalue weighted by atomic mass is 79.9. The number of benzene rings is 1. The Bertz CT molecular complexity index is 995. The molecule has 0 saturated heterocycles. The second-order valence-electron chi connectivity index (χ2n) is 6.42. The third kappa shape index (κ3) is 5.99. The minimum atomic E-state index is -1.09. The molecule has 0 aliphatic carbocycles. The van der Waals surface area contributed by atoms with Gasteiger partial charge in [-0.2, -0.15) is 4.80 Å². The third-order valence-corrected chi connectivity index (χ3v) is 4.63. The molecular weight excluding hydrogens is 465 g/mol. The normalized spacial score (nSPS) is 12.0. The Balaban J connectivity index is 1.56. The summed E-state index contributed by atoms with van der Waals surface area (Å²) in [7, 11) is 0. The summed E-state index contributed by atoms with van der Waals surface area (Å²) in [6, 6.07) is 5.76. The van der Waals surface area contributed by atoms with E-state index in [0.717, 1.165) is 17.6 Å². The van der Waals surface area contributed by atoms with E-state index in [1.54, 1.807) is 6.07 Å². The van der Waals surface area contributed by atoms with Crippen LogP contribution in [-0.4, -0.2) is 49.7 Å². The first-order valence-electron chi connectivity index (χ1n) is 9.12. The molecular formula is C18H19BrFN5O5. The third-order valence-electron chi connectivity index (χ3n) is 3.97. The summed E-state index contributed by atoms with van der Waals surface area (Å²) >= 11 is 3.34. The summed E-state index contributed by atoms with van der Waals surface area (Å²) in [6.07, 6.45) is 1.76. The van der Waals surface area contributed by atoms with Gasteiger partial charge in [0.15, 0.2) is 6.54 Å². The molecule has 1 N–H and O–H groups in total. The number of nitrogens with zero attached hydrogens (tertiary/aromatic N) is 5. The van der Waals surface area contributed by atoms with Gasteiger partial charge in [-0.1, -0.05) is 13.3 Å². The van der Waals surface area contributed by atoms with Gasteiger partial charge < -0.3 is 19.1 Å². The lowest BCUT2D eigenvalue weighted by Crippen LogP contribution is -2.20. The largest absolute Gasteiger partial charge is 0.492 e. The van der Waals surface area contributed by atoms with Gasteiger partial charge >= 0.3 is 5.97 Å². The Morgan fingerprint density at radius 2 is 2.13 bits per heavy atom. The van der Waals surface area contributed by atoms with Crippen LogP contribution in [0.4, 0.5) is 4.39 Å². The van der Waals surface area contributed by atoms with E-state index >= 15 is 0 Å². The minimum absolute atomic E-state index is 0.0416. The number of hydrogen-bond acceptors (Lipinski definition) is 8. The fourth-order valence-electron chi connectivity index (χ4n) is 2.58. The topological polar surface area (TPSA) is 125 Å². The van der Waals surface area contributed by atoms with Crippen molar-refractivity contribution in [2.24, 2.45) is 5.92 Å². The van der Waals surface area contributed by atoms with Gasteiger partial charge in [-0.05, 0) is 44.9 Å². The maximum atomic E-state index is 13.4. The Hall–Kier alpha value is -3.02. The number of carbonyl (C=O) groups is 1. The zero-order valence-corrected chi connectivity index (χ0v) is 17.6. The molecule has 10 nitrogen and oxygen atoms in total. The summed E-state index contributed by atoms with van der Waals surface area (Å²) in [6.45, 7) is 2.29. The fraction of sp³-hybridized carbons (Fsp3) is 0.389. The molecule has 2 heterocycles. The molecule has 1 unspecified atom stereocenters. The smallest absolute Gasteiger partial charge is 0.327 e. The molecule has 0 fully saturated rings. The molecule has 0 spiro atoms. The Morgan fingerprint density at radius 3 is 2.90 bits per heavy atom. The van der Waals surface area contributed by atoms with Crippen LogP contribution in [0.25, 0.3) is 11.6 Å². The molecule has 2 aromatic heterocycles. The lowest BCUT2D eigenvalue weighted by atomic mass is 10.1. The van der Waals surface area contributed by atoms with E-state index in [9.17, 15) is 9.18 Å². The Labute approximate surface area is 179 Å². The molecule has 0 saturated carbocycles. The molecule has 0 radical (unpaired) electrons. The van der Waals surface area contributed by atoms with Crippen LogP contribution in [0.15, 0.2) is 33.3 Å². The number of aromatic nitrogens is 5. The van der Waals surface area contributed by atoms with Gasteiger partial charge in [-0.25, -0.2) is 4.39 Å². The van der Waals surface area contributed by atoms with Crippen molar-refractivity contribution in [2.75, 3.05) is 13.2 Å². The number of carboxylic acids is 1. The van der Waals surface area contributed by atoms with Crippen molar-refractivity contribution in [2.45, 2.75) is 26.3 Å². The van der Waals surface area contributed by atoms with Gasteiger partial charge in [-0.15, -0.1) is 10.2 Å². The van der Waals surface area contributed by atoms with Crippen LogP contribution in [-0.2, 0) is 11.3 Å². The number of hydrogen-bond donors (Lipinski definition) is 1. The van der Waals surface area contributed by atoms with Crippen molar-refractivity contribution in [1.82, 2.24) is 25.4 Å². The molecule has 160 valence electrons. The first kappa shape index (κ1) is 21.7.